The van der Waals surface area contributed by atoms with Gasteiger partial charge in [0.1, 0.15) is 11.6 Å². The molecule has 2 atom stereocenters. The average molecular weight is 380 g/mol. The summed E-state index contributed by atoms with van der Waals surface area (Å²) in [6.07, 6.45) is 0.413. The molecule has 0 unspecified atom stereocenters. The molecule has 0 fully saturated rings. The van der Waals surface area contributed by atoms with E-state index in [4.69, 9.17) is 4.74 Å². The molecular formula is C20H29NO4S. The van der Waals surface area contributed by atoms with E-state index in [0.29, 0.717) is 6.42 Å². The molecule has 0 aliphatic heterocycles. The van der Waals surface area contributed by atoms with E-state index < -0.39 is 22.9 Å². The SMILES string of the molecule is CC(=O)S[C@@H](Cc1ccccc1)C(=O)N[C@H](C(=O)OC(C)(C)C)C(C)C. The summed E-state index contributed by atoms with van der Waals surface area (Å²) in [4.78, 5) is 36.8. The van der Waals surface area contributed by atoms with Crippen molar-refractivity contribution in [2.45, 2.75) is 64.9 Å². The molecule has 0 aromatic heterocycles. The first-order chi connectivity index (χ1) is 12.0. The van der Waals surface area contributed by atoms with Gasteiger partial charge in [-0.2, -0.15) is 0 Å². The first-order valence-corrected chi connectivity index (χ1v) is 9.62. The maximum Gasteiger partial charge on any atom is 0.329 e. The Labute approximate surface area is 160 Å². The van der Waals surface area contributed by atoms with E-state index >= 15 is 0 Å². The van der Waals surface area contributed by atoms with Crippen LogP contribution in [0.1, 0.15) is 47.1 Å². The highest BCUT2D eigenvalue weighted by molar-refractivity contribution is 8.14. The third kappa shape index (κ3) is 8.04. The summed E-state index contributed by atoms with van der Waals surface area (Å²) in [7, 11) is 0. The van der Waals surface area contributed by atoms with Crippen molar-refractivity contribution in [2.75, 3.05) is 0 Å². The average Bonchev–Trinajstić information content (AvgIpc) is 2.50. The maximum atomic E-state index is 12.8. The minimum Gasteiger partial charge on any atom is -0.458 e. The second kappa shape index (κ2) is 9.76. The molecule has 1 aromatic rings. The predicted octanol–water partition coefficient (Wildman–Crippen LogP) is 3.36. The second-order valence-corrected chi connectivity index (χ2v) is 8.93. The van der Waals surface area contributed by atoms with E-state index in [1.807, 2.05) is 44.2 Å². The standard InChI is InChI=1S/C20H29NO4S/c1-13(2)17(19(24)25-20(4,5)6)21-18(23)16(26-14(3)22)12-15-10-8-7-9-11-15/h7-11,13,16-17H,12H2,1-6H3,(H,21,23)/t16-,17-/m0/s1. The Morgan fingerprint density at radius 2 is 1.69 bits per heavy atom. The molecule has 0 spiro atoms. The lowest BCUT2D eigenvalue weighted by Crippen LogP contribution is -2.50. The summed E-state index contributed by atoms with van der Waals surface area (Å²) in [5.74, 6) is -0.931. The van der Waals surface area contributed by atoms with Crippen LogP contribution in [0.5, 0.6) is 0 Å². The van der Waals surface area contributed by atoms with E-state index in [-0.39, 0.29) is 16.9 Å². The normalized spacial score (nSPS) is 13.8. The summed E-state index contributed by atoms with van der Waals surface area (Å²) in [6.45, 7) is 10.5. The van der Waals surface area contributed by atoms with Gasteiger partial charge in [0.25, 0.3) is 0 Å². The van der Waals surface area contributed by atoms with Crippen LogP contribution in [0.4, 0.5) is 0 Å². The Balaban J connectivity index is 2.90. The Bertz CT molecular complexity index is 622. The Morgan fingerprint density at radius 3 is 2.15 bits per heavy atom. The fourth-order valence-corrected chi connectivity index (χ4v) is 3.18. The largest absolute Gasteiger partial charge is 0.458 e. The molecule has 1 N–H and O–H groups in total. The van der Waals surface area contributed by atoms with Crippen LogP contribution in [0.15, 0.2) is 30.3 Å². The van der Waals surface area contributed by atoms with Crippen molar-refractivity contribution >= 4 is 28.8 Å². The monoisotopic (exact) mass is 379 g/mol. The third-order valence-corrected chi connectivity index (χ3v) is 4.49. The summed E-state index contributed by atoms with van der Waals surface area (Å²) in [5, 5.41) is 2.04. The minimum absolute atomic E-state index is 0.131. The molecule has 26 heavy (non-hydrogen) atoms. The molecule has 5 nitrogen and oxygen atoms in total. The zero-order chi connectivity index (χ0) is 19.9. The number of thioether (sulfide) groups is 1. The van der Waals surface area contributed by atoms with Gasteiger partial charge in [-0.05, 0) is 38.7 Å². The van der Waals surface area contributed by atoms with Gasteiger partial charge in [-0.1, -0.05) is 55.9 Å². The fraction of sp³-hybridized carbons (Fsp3) is 0.550. The molecule has 1 amide bonds. The Morgan fingerprint density at radius 1 is 1.12 bits per heavy atom. The van der Waals surface area contributed by atoms with Crippen LogP contribution in [-0.2, 0) is 25.5 Å². The number of hydrogen-bond donors (Lipinski definition) is 1. The van der Waals surface area contributed by atoms with Crippen molar-refractivity contribution in [3.63, 3.8) is 0 Å². The van der Waals surface area contributed by atoms with Crippen molar-refractivity contribution in [1.29, 1.82) is 0 Å². The minimum atomic E-state index is -0.757. The van der Waals surface area contributed by atoms with Crippen molar-refractivity contribution in [3.05, 3.63) is 35.9 Å². The van der Waals surface area contributed by atoms with Crippen LogP contribution in [0.25, 0.3) is 0 Å². The van der Waals surface area contributed by atoms with Gasteiger partial charge in [-0.25, -0.2) is 4.79 Å². The number of esters is 1. The lowest BCUT2D eigenvalue weighted by atomic mass is 10.0. The first kappa shape index (κ1) is 22.2. The predicted molar refractivity (Wildman–Crippen MR) is 105 cm³/mol. The Hall–Kier alpha value is -1.82. The van der Waals surface area contributed by atoms with Crippen LogP contribution in [0.2, 0.25) is 0 Å². The molecule has 0 heterocycles. The van der Waals surface area contributed by atoms with E-state index in [2.05, 4.69) is 5.32 Å². The van der Waals surface area contributed by atoms with Gasteiger partial charge in [-0.3, -0.25) is 9.59 Å². The van der Waals surface area contributed by atoms with Gasteiger partial charge in [0.15, 0.2) is 5.12 Å². The number of benzene rings is 1. The topological polar surface area (TPSA) is 72.5 Å². The van der Waals surface area contributed by atoms with Crippen molar-refractivity contribution in [2.24, 2.45) is 5.92 Å². The van der Waals surface area contributed by atoms with Gasteiger partial charge in [-0.15, -0.1) is 0 Å². The number of nitrogens with one attached hydrogen (secondary N) is 1. The second-order valence-electron chi connectivity index (χ2n) is 7.55. The molecule has 0 saturated carbocycles. The molecule has 6 heteroatoms. The van der Waals surface area contributed by atoms with E-state index in [1.54, 1.807) is 20.8 Å². The third-order valence-electron chi connectivity index (χ3n) is 3.49. The van der Waals surface area contributed by atoms with Crippen molar-refractivity contribution in [1.82, 2.24) is 5.32 Å². The van der Waals surface area contributed by atoms with E-state index in [1.165, 1.54) is 6.92 Å². The smallest absolute Gasteiger partial charge is 0.329 e. The number of amides is 1. The quantitative estimate of drug-likeness (QED) is 0.736. The molecule has 1 aromatic carbocycles. The van der Waals surface area contributed by atoms with E-state index in [0.717, 1.165) is 17.3 Å². The lowest BCUT2D eigenvalue weighted by molar-refractivity contribution is -0.159. The van der Waals surface area contributed by atoms with E-state index in [9.17, 15) is 14.4 Å². The van der Waals surface area contributed by atoms with Crippen molar-refractivity contribution in [3.8, 4) is 0 Å². The lowest BCUT2D eigenvalue weighted by Gasteiger charge is -2.27. The van der Waals surface area contributed by atoms with Gasteiger partial charge in [0.2, 0.25) is 5.91 Å². The molecular weight excluding hydrogens is 350 g/mol. The number of carbonyl (C=O) groups excluding carboxylic acids is 3. The van der Waals surface area contributed by atoms with Gasteiger partial charge in [0.05, 0.1) is 5.25 Å². The molecule has 0 aliphatic carbocycles. The zero-order valence-corrected chi connectivity index (χ0v) is 17.2. The van der Waals surface area contributed by atoms with Crippen LogP contribution in [0.3, 0.4) is 0 Å². The number of hydrogen-bond acceptors (Lipinski definition) is 5. The molecule has 0 radical (unpaired) electrons. The number of carbonyl (C=O) groups is 3. The molecule has 0 saturated heterocycles. The number of rotatable bonds is 7. The highest BCUT2D eigenvalue weighted by atomic mass is 32.2. The summed E-state index contributed by atoms with van der Waals surface area (Å²) in [6, 6.07) is 8.74. The molecule has 0 aliphatic rings. The van der Waals surface area contributed by atoms with Gasteiger partial charge in [0, 0.05) is 6.92 Å². The Kier molecular flexibility index (Phi) is 8.34. The highest BCUT2D eigenvalue weighted by Crippen LogP contribution is 2.19. The molecule has 0 bridgehead atoms. The molecule has 1 rings (SSSR count). The van der Waals surface area contributed by atoms with Crippen LogP contribution in [-0.4, -0.2) is 33.9 Å². The summed E-state index contributed by atoms with van der Waals surface area (Å²) in [5.41, 5.74) is 0.326. The molecule has 144 valence electrons. The van der Waals surface area contributed by atoms with Gasteiger partial charge >= 0.3 is 5.97 Å². The van der Waals surface area contributed by atoms with Crippen LogP contribution >= 0.6 is 11.8 Å². The summed E-state index contributed by atoms with van der Waals surface area (Å²) >= 11 is 0.978. The fourth-order valence-electron chi connectivity index (χ4n) is 2.33. The highest BCUT2D eigenvalue weighted by Gasteiger charge is 2.32. The van der Waals surface area contributed by atoms with Crippen LogP contribution in [0, 0.1) is 5.92 Å². The maximum absolute atomic E-state index is 12.8. The number of ether oxygens (including phenoxy) is 1. The summed E-state index contributed by atoms with van der Waals surface area (Å²) < 4.78 is 5.41. The van der Waals surface area contributed by atoms with Crippen LogP contribution < -0.4 is 5.32 Å². The van der Waals surface area contributed by atoms with Crippen molar-refractivity contribution < 1.29 is 19.1 Å². The zero-order valence-electron chi connectivity index (χ0n) is 16.4. The first-order valence-electron chi connectivity index (χ1n) is 8.74. The van der Waals surface area contributed by atoms with Gasteiger partial charge < -0.3 is 10.1 Å².